The van der Waals surface area contributed by atoms with E-state index in [9.17, 15) is 0 Å². The van der Waals surface area contributed by atoms with Gasteiger partial charge in [-0.1, -0.05) is 11.6 Å². The average molecular weight is 260 g/mol. The highest BCUT2D eigenvalue weighted by molar-refractivity contribution is 7.15. The van der Waals surface area contributed by atoms with Gasteiger partial charge >= 0.3 is 0 Å². The van der Waals surface area contributed by atoms with E-state index in [1.165, 1.54) is 12.8 Å². The minimum atomic E-state index is 0.416. The van der Waals surface area contributed by atoms with E-state index < -0.39 is 0 Å². The number of aromatic nitrogens is 1. The fourth-order valence-corrected chi connectivity index (χ4v) is 3.27. The van der Waals surface area contributed by atoms with Crippen LogP contribution in [-0.2, 0) is 6.54 Å². The second-order valence-electron chi connectivity index (χ2n) is 4.54. The molecule has 1 aromatic rings. The molecule has 16 heavy (non-hydrogen) atoms. The highest BCUT2D eigenvalue weighted by Gasteiger charge is 2.22. The predicted molar refractivity (Wildman–Crippen MR) is 68.8 cm³/mol. The summed E-state index contributed by atoms with van der Waals surface area (Å²) in [6.45, 7) is 0.900. The van der Waals surface area contributed by atoms with Crippen LogP contribution in [0.4, 0.5) is 0 Å². The van der Waals surface area contributed by atoms with Crippen LogP contribution in [0.3, 0.4) is 0 Å². The lowest BCUT2D eigenvalue weighted by molar-refractivity contribution is 0.176. The molecule has 1 saturated carbocycles. The quantitative estimate of drug-likeness (QED) is 0.907. The summed E-state index contributed by atoms with van der Waals surface area (Å²) < 4.78 is 0.772. The zero-order valence-corrected chi connectivity index (χ0v) is 11.1. The Morgan fingerprint density at radius 3 is 2.75 bits per heavy atom. The maximum atomic E-state index is 5.91. The lowest BCUT2D eigenvalue weighted by atomic mass is 9.91. The molecule has 0 bridgehead atoms. The Kier molecular flexibility index (Phi) is 4.19. The van der Waals surface area contributed by atoms with Crippen LogP contribution in [0.15, 0.2) is 6.20 Å². The summed E-state index contributed by atoms with van der Waals surface area (Å²) in [6, 6.07) is 1.07. The molecule has 0 spiro atoms. The average Bonchev–Trinajstić information content (AvgIpc) is 2.65. The molecule has 90 valence electrons. The van der Waals surface area contributed by atoms with Gasteiger partial charge in [-0.15, -0.1) is 11.3 Å². The number of nitrogens with zero attached hydrogens (tertiary/aromatic N) is 2. The standard InChI is InChI=1S/C11H18ClN3S/c1-15(7-11-14-6-10(12)16-11)9-4-2-8(13)3-5-9/h6,8-9H,2-5,7,13H2,1H3. The maximum absolute atomic E-state index is 5.91. The Labute approximate surface area is 106 Å². The van der Waals surface area contributed by atoms with E-state index in [4.69, 9.17) is 17.3 Å². The fraction of sp³-hybridized carbons (Fsp3) is 0.727. The maximum Gasteiger partial charge on any atom is 0.113 e. The Morgan fingerprint density at radius 2 is 2.19 bits per heavy atom. The van der Waals surface area contributed by atoms with E-state index in [0.29, 0.717) is 12.1 Å². The molecule has 0 radical (unpaired) electrons. The van der Waals surface area contributed by atoms with Gasteiger partial charge in [0.05, 0.1) is 12.7 Å². The summed E-state index contributed by atoms with van der Waals surface area (Å²) in [7, 11) is 2.16. The first-order valence-corrected chi connectivity index (χ1v) is 6.90. The molecule has 5 heteroatoms. The molecule has 1 fully saturated rings. The minimum Gasteiger partial charge on any atom is -0.328 e. The number of rotatable bonds is 3. The van der Waals surface area contributed by atoms with Gasteiger partial charge < -0.3 is 5.73 Å². The van der Waals surface area contributed by atoms with Gasteiger partial charge in [-0.25, -0.2) is 4.98 Å². The summed E-state index contributed by atoms with van der Waals surface area (Å²) >= 11 is 7.44. The Balaban J connectivity index is 1.85. The van der Waals surface area contributed by atoms with Crippen LogP contribution in [0.25, 0.3) is 0 Å². The lowest BCUT2D eigenvalue weighted by Crippen LogP contribution is -2.38. The summed E-state index contributed by atoms with van der Waals surface area (Å²) in [4.78, 5) is 6.66. The molecular weight excluding hydrogens is 242 g/mol. The Bertz CT molecular complexity index is 334. The summed E-state index contributed by atoms with van der Waals surface area (Å²) in [6.07, 6.45) is 6.43. The zero-order chi connectivity index (χ0) is 11.5. The summed E-state index contributed by atoms with van der Waals surface area (Å²) in [5, 5.41) is 1.10. The third kappa shape index (κ3) is 3.17. The van der Waals surface area contributed by atoms with Crippen molar-refractivity contribution in [1.82, 2.24) is 9.88 Å². The largest absolute Gasteiger partial charge is 0.328 e. The molecule has 0 aliphatic heterocycles. The van der Waals surface area contributed by atoms with Crippen molar-refractivity contribution < 1.29 is 0 Å². The molecule has 1 aliphatic carbocycles. The van der Waals surface area contributed by atoms with Crippen LogP contribution in [-0.4, -0.2) is 29.0 Å². The van der Waals surface area contributed by atoms with Crippen molar-refractivity contribution in [3.8, 4) is 0 Å². The molecule has 0 atom stereocenters. The number of nitrogens with two attached hydrogens (primary N) is 1. The first-order chi connectivity index (χ1) is 7.65. The molecule has 0 amide bonds. The molecular formula is C11H18ClN3S. The smallest absolute Gasteiger partial charge is 0.113 e. The van der Waals surface area contributed by atoms with Gasteiger partial charge in [-0.05, 0) is 32.7 Å². The highest BCUT2D eigenvalue weighted by atomic mass is 35.5. The van der Waals surface area contributed by atoms with Crippen LogP contribution in [0, 0.1) is 0 Å². The topological polar surface area (TPSA) is 42.2 Å². The van der Waals surface area contributed by atoms with Gasteiger partial charge in [0.15, 0.2) is 0 Å². The second-order valence-corrected chi connectivity index (χ2v) is 6.29. The summed E-state index contributed by atoms with van der Waals surface area (Å²) in [5.41, 5.74) is 5.91. The van der Waals surface area contributed by atoms with E-state index in [-0.39, 0.29) is 0 Å². The SMILES string of the molecule is CN(Cc1ncc(Cl)s1)C1CCC(N)CC1. The van der Waals surface area contributed by atoms with Gasteiger partial charge in [0.25, 0.3) is 0 Å². The van der Waals surface area contributed by atoms with Crippen molar-refractivity contribution in [3.63, 3.8) is 0 Å². The van der Waals surface area contributed by atoms with Gasteiger partial charge in [-0.2, -0.15) is 0 Å². The van der Waals surface area contributed by atoms with E-state index in [0.717, 1.165) is 28.7 Å². The van der Waals surface area contributed by atoms with Crippen molar-refractivity contribution in [1.29, 1.82) is 0 Å². The van der Waals surface area contributed by atoms with Crippen molar-refractivity contribution in [2.24, 2.45) is 5.73 Å². The first kappa shape index (κ1) is 12.3. The minimum absolute atomic E-state index is 0.416. The second kappa shape index (κ2) is 5.45. The van der Waals surface area contributed by atoms with Crippen LogP contribution >= 0.6 is 22.9 Å². The van der Waals surface area contributed by atoms with Crippen molar-refractivity contribution >= 4 is 22.9 Å². The van der Waals surface area contributed by atoms with E-state index in [1.54, 1.807) is 17.5 Å². The molecule has 2 N–H and O–H groups in total. The van der Waals surface area contributed by atoms with Gasteiger partial charge in [0.2, 0.25) is 0 Å². The number of thiazole rings is 1. The van der Waals surface area contributed by atoms with Crippen molar-refractivity contribution in [2.45, 2.75) is 44.3 Å². The van der Waals surface area contributed by atoms with Crippen molar-refractivity contribution in [2.75, 3.05) is 7.05 Å². The lowest BCUT2D eigenvalue weighted by Gasteiger charge is -2.32. The molecule has 1 heterocycles. The fourth-order valence-electron chi connectivity index (χ4n) is 2.25. The van der Waals surface area contributed by atoms with Gasteiger partial charge in [0.1, 0.15) is 9.34 Å². The van der Waals surface area contributed by atoms with Gasteiger partial charge in [0, 0.05) is 12.1 Å². The van der Waals surface area contributed by atoms with E-state index in [2.05, 4.69) is 16.9 Å². The zero-order valence-electron chi connectivity index (χ0n) is 9.53. The molecule has 3 nitrogen and oxygen atoms in total. The molecule has 2 rings (SSSR count). The Hall–Kier alpha value is -0.160. The highest BCUT2D eigenvalue weighted by Crippen LogP contribution is 2.24. The van der Waals surface area contributed by atoms with Crippen LogP contribution in [0.5, 0.6) is 0 Å². The normalized spacial score (nSPS) is 26.2. The monoisotopic (exact) mass is 259 g/mol. The van der Waals surface area contributed by atoms with E-state index >= 15 is 0 Å². The molecule has 0 unspecified atom stereocenters. The molecule has 0 aromatic carbocycles. The van der Waals surface area contributed by atoms with Gasteiger partial charge in [-0.3, -0.25) is 4.90 Å². The number of hydrogen-bond acceptors (Lipinski definition) is 4. The number of hydrogen-bond donors (Lipinski definition) is 1. The third-order valence-electron chi connectivity index (χ3n) is 3.27. The van der Waals surface area contributed by atoms with Crippen LogP contribution in [0.2, 0.25) is 4.34 Å². The van der Waals surface area contributed by atoms with Crippen LogP contribution < -0.4 is 5.73 Å². The van der Waals surface area contributed by atoms with E-state index in [1.807, 2.05) is 0 Å². The predicted octanol–water partition coefficient (Wildman–Crippen LogP) is 2.50. The summed E-state index contributed by atoms with van der Waals surface area (Å²) in [5.74, 6) is 0. The molecule has 0 saturated heterocycles. The number of halogens is 1. The Morgan fingerprint density at radius 1 is 1.50 bits per heavy atom. The van der Waals surface area contributed by atoms with Crippen LogP contribution in [0.1, 0.15) is 30.7 Å². The molecule has 1 aromatic heterocycles. The third-order valence-corrected chi connectivity index (χ3v) is 4.37. The van der Waals surface area contributed by atoms with Crippen molar-refractivity contribution in [3.05, 3.63) is 15.5 Å². The molecule has 1 aliphatic rings. The first-order valence-electron chi connectivity index (χ1n) is 5.71.